The summed E-state index contributed by atoms with van der Waals surface area (Å²) in [6, 6.07) is 3.78. The second-order valence-corrected chi connectivity index (χ2v) is 8.51. The van der Waals surface area contributed by atoms with Crippen LogP contribution in [0.5, 0.6) is 0 Å². The van der Waals surface area contributed by atoms with E-state index in [9.17, 15) is 9.59 Å². The van der Waals surface area contributed by atoms with Crippen LogP contribution in [0.2, 0.25) is 0 Å². The van der Waals surface area contributed by atoms with E-state index in [-0.39, 0.29) is 5.91 Å². The number of nitrogens with zero attached hydrogens (tertiary/aromatic N) is 2. The summed E-state index contributed by atoms with van der Waals surface area (Å²) in [5, 5.41) is 2.95. The van der Waals surface area contributed by atoms with E-state index in [2.05, 4.69) is 15.2 Å². The van der Waals surface area contributed by atoms with E-state index in [1.807, 2.05) is 12.1 Å². The number of hydrogen-bond acceptors (Lipinski definition) is 3. The number of amides is 2. The molecule has 0 spiro atoms. The Morgan fingerprint density at radius 1 is 1.10 bits per heavy atom. The van der Waals surface area contributed by atoms with Gasteiger partial charge in [-0.3, -0.25) is 14.6 Å². The third kappa shape index (κ3) is 7.30. The van der Waals surface area contributed by atoms with Gasteiger partial charge >= 0.3 is 0 Å². The minimum atomic E-state index is -0.0524. The Bertz CT molecular complexity index is 660. The number of likely N-dealkylation sites (tertiary alicyclic amines) is 1. The molecule has 158 valence electrons. The zero-order chi connectivity index (χ0) is 20.3. The van der Waals surface area contributed by atoms with E-state index < -0.39 is 0 Å². The first kappa shape index (κ1) is 21.5. The molecule has 0 atom stereocenters. The first-order chi connectivity index (χ1) is 14.2. The molecule has 1 aromatic rings. The number of pyridine rings is 1. The second kappa shape index (κ2) is 11.7. The van der Waals surface area contributed by atoms with Crippen LogP contribution in [-0.4, -0.2) is 41.3 Å². The molecule has 0 radical (unpaired) electrons. The van der Waals surface area contributed by atoms with Crippen molar-refractivity contribution in [2.75, 3.05) is 19.6 Å². The number of carbonyl (C=O) groups is 2. The van der Waals surface area contributed by atoms with Crippen LogP contribution in [0, 0.1) is 11.8 Å². The van der Waals surface area contributed by atoms with Crippen LogP contribution in [-0.2, 0) is 9.59 Å². The van der Waals surface area contributed by atoms with Crippen LogP contribution in [0.25, 0.3) is 6.08 Å². The molecule has 29 heavy (non-hydrogen) atoms. The van der Waals surface area contributed by atoms with Crippen molar-refractivity contribution in [2.45, 2.75) is 64.2 Å². The Balaban J connectivity index is 1.24. The summed E-state index contributed by atoms with van der Waals surface area (Å²) in [5.41, 5.74) is 0.927. The van der Waals surface area contributed by atoms with Crippen molar-refractivity contribution in [3.8, 4) is 0 Å². The highest BCUT2D eigenvalue weighted by Gasteiger charge is 2.28. The molecule has 2 heterocycles. The number of aromatic nitrogens is 1. The van der Waals surface area contributed by atoms with Crippen molar-refractivity contribution >= 4 is 17.9 Å². The average molecular weight is 398 g/mol. The highest BCUT2D eigenvalue weighted by atomic mass is 16.2. The number of hydrogen-bond donors (Lipinski definition) is 1. The van der Waals surface area contributed by atoms with E-state index in [4.69, 9.17) is 0 Å². The quantitative estimate of drug-likeness (QED) is 0.528. The van der Waals surface area contributed by atoms with Crippen LogP contribution < -0.4 is 5.32 Å². The van der Waals surface area contributed by atoms with Crippen LogP contribution in [0.4, 0.5) is 0 Å². The van der Waals surface area contributed by atoms with Gasteiger partial charge in [0.1, 0.15) is 0 Å². The molecule has 0 unspecified atom stereocenters. The van der Waals surface area contributed by atoms with Crippen LogP contribution in [0.3, 0.4) is 0 Å². The molecule has 5 heteroatoms. The topological polar surface area (TPSA) is 62.3 Å². The van der Waals surface area contributed by atoms with Crippen molar-refractivity contribution in [3.05, 3.63) is 36.2 Å². The molecule has 1 saturated carbocycles. The van der Waals surface area contributed by atoms with Gasteiger partial charge in [0, 0.05) is 44.0 Å². The monoisotopic (exact) mass is 397 g/mol. The van der Waals surface area contributed by atoms with E-state index in [1.54, 1.807) is 24.5 Å². The summed E-state index contributed by atoms with van der Waals surface area (Å²) in [5.74, 6) is 1.40. The lowest BCUT2D eigenvalue weighted by molar-refractivity contribution is -0.138. The van der Waals surface area contributed by atoms with Crippen molar-refractivity contribution in [1.82, 2.24) is 15.2 Å². The van der Waals surface area contributed by atoms with E-state index in [0.717, 1.165) is 69.6 Å². The fourth-order valence-corrected chi connectivity index (χ4v) is 4.52. The molecule has 1 aromatic heterocycles. The number of unbranched alkanes of at least 4 members (excludes halogenated alkanes) is 1. The average Bonchev–Trinajstić information content (AvgIpc) is 2.79. The fraction of sp³-hybridized carbons (Fsp3) is 0.625. The SMILES string of the molecule is O=C(/C=C/c1cccnc1)NCCCCC1CCN(C(=O)C2CCCCC2)CC1. The Morgan fingerprint density at radius 3 is 2.62 bits per heavy atom. The number of rotatable bonds is 8. The molecule has 3 rings (SSSR count). The normalized spacial score (nSPS) is 18.8. The molecule has 1 N–H and O–H groups in total. The Morgan fingerprint density at radius 2 is 1.90 bits per heavy atom. The first-order valence-corrected chi connectivity index (χ1v) is 11.4. The summed E-state index contributed by atoms with van der Waals surface area (Å²) in [4.78, 5) is 30.7. The third-order valence-electron chi connectivity index (χ3n) is 6.33. The molecule has 1 aliphatic heterocycles. The van der Waals surface area contributed by atoms with Gasteiger partial charge in [0.2, 0.25) is 11.8 Å². The minimum Gasteiger partial charge on any atom is -0.353 e. The molecule has 1 saturated heterocycles. The molecule has 2 aliphatic rings. The first-order valence-electron chi connectivity index (χ1n) is 11.4. The molecular formula is C24H35N3O2. The van der Waals surface area contributed by atoms with Gasteiger partial charge in [0.25, 0.3) is 0 Å². The van der Waals surface area contributed by atoms with Crippen LogP contribution in [0.1, 0.15) is 69.8 Å². The van der Waals surface area contributed by atoms with Crippen molar-refractivity contribution < 1.29 is 9.59 Å². The van der Waals surface area contributed by atoms with Gasteiger partial charge in [-0.2, -0.15) is 0 Å². The predicted octanol–water partition coefficient (Wildman–Crippen LogP) is 4.20. The summed E-state index contributed by atoms with van der Waals surface area (Å²) in [6.07, 6.45) is 18.4. The number of nitrogens with one attached hydrogen (secondary N) is 1. The summed E-state index contributed by atoms with van der Waals surface area (Å²) in [6.45, 7) is 2.60. The van der Waals surface area contributed by atoms with E-state index in [0.29, 0.717) is 11.8 Å². The minimum absolute atomic E-state index is 0.0524. The summed E-state index contributed by atoms with van der Waals surface area (Å²) >= 11 is 0. The van der Waals surface area contributed by atoms with Crippen LogP contribution >= 0.6 is 0 Å². The van der Waals surface area contributed by atoms with Gasteiger partial charge in [0.15, 0.2) is 0 Å². The standard InChI is InChI=1S/C24H35N3O2/c28-23(12-11-21-8-6-15-25-19-21)26-16-5-4-7-20-13-17-27(18-14-20)24(29)22-9-2-1-3-10-22/h6,8,11-12,15,19-20,22H,1-5,7,9-10,13-14,16-18H2,(H,26,28)/b12-11+. The third-order valence-corrected chi connectivity index (χ3v) is 6.33. The molecular weight excluding hydrogens is 362 g/mol. The lowest BCUT2D eigenvalue weighted by atomic mass is 9.86. The zero-order valence-corrected chi connectivity index (χ0v) is 17.5. The van der Waals surface area contributed by atoms with E-state index in [1.165, 1.54) is 25.7 Å². The van der Waals surface area contributed by atoms with Gasteiger partial charge in [0.05, 0.1) is 0 Å². The largest absolute Gasteiger partial charge is 0.353 e. The van der Waals surface area contributed by atoms with E-state index >= 15 is 0 Å². The Hall–Kier alpha value is -2.17. The fourth-order valence-electron chi connectivity index (χ4n) is 4.52. The zero-order valence-electron chi connectivity index (χ0n) is 17.5. The van der Waals surface area contributed by atoms with Gasteiger partial charge < -0.3 is 10.2 Å². The maximum Gasteiger partial charge on any atom is 0.243 e. The molecule has 1 aliphatic carbocycles. The van der Waals surface area contributed by atoms with Gasteiger partial charge in [-0.05, 0) is 55.7 Å². The van der Waals surface area contributed by atoms with Crippen molar-refractivity contribution in [3.63, 3.8) is 0 Å². The number of carbonyl (C=O) groups excluding carboxylic acids is 2. The predicted molar refractivity (Wildman–Crippen MR) is 116 cm³/mol. The lowest BCUT2D eigenvalue weighted by Crippen LogP contribution is -2.42. The van der Waals surface area contributed by atoms with Gasteiger partial charge in [-0.1, -0.05) is 38.2 Å². The molecule has 2 fully saturated rings. The summed E-state index contributed by atoms with van der Waals surface area (Å²) < 4.78 is 0. The van der Waals surface area contributed by atoms with Gasteiger partial charge in [-0.15, -0.1) is 0 Å². The van der Waals surface area contributed by atoms with Crippen LogP contribution in [0.15, 0.2) is 30.6 Å². The van der Waals surface area contributed by atoms with Crippen molar-refractivity contribution in [2.24, 2.45) is 11.8 Å². The van der Waals surface area contributed by atoms with Crippen molar-refractivity contribution in [1.29, 1.82) is 0 Å². The molecule has 2 amide bonds. The molecule has 0 bridgehead atoms. The maximum atomic E-state index is 12.6. The van der Waals surface area contributed by atoms with Gasteiger partial charge in [-0.25, -0.2) is 0 Å². The molecule has 0 aromatic carbocycles. The number of piperidine rings is 1. The molecule has 5 nitrogen and oxygen atoms in total. The Kier molecular flexibility index (Phi) is 8.72. The highest BCUT2D eigenvalue weighted by molar-refractivity contribution is 5.91. The second-order valence-electron chi connectivity index (χ2n) is 8.51. The Labute approximate surface area is 175 Å². The lowest BCUT2D eigenvalue weighted by Gasteiger charge is -2.35. The highest BCUT2D eigenvalue weighted by Crippen LogP contribution is 2.28. The smallest absolute Gasteiger partial charge is 0.243 e. The summed E-state index contributed by atoms with van der Waals surface area (Å²) in [7, 11) is 0. The maximum absolute atomic E-state index is 12.6.